The molecule has 0 saturated carbocycles. The highest BCUT2D eigenvalue weighted by Gasteiger charge is 2.22. The summed E-state index contributed by atoms with van der Waals surface area (Å²) in [5.41, 5.74) is 0. The molecule has 0 aliphatic carbocycles. The molecule has 2 unspecified atom stereocenters. The monoisotopic (exact) mass is 204 g/mol. The summed E-state index contributed by atoms with van der Waals surface area (Å²) in [5, 5.41) is 9.64. The van der Waals surface area contributed by atoms with Crippen molar-refractivity contribution in [2.75, 3.05) is 24.7 Å². The maximum atomic E-state index is 9.64. The Hall–Kier alpha value is 0.270. The molecule has 0 radical (unpaired) electrons. The fraction of sp³-hybridized carbons (Fsp3) is 1.00. The third kappa shape index (κ3) is 4.34. The molecule has 0 bridgehead atoms. The quantitative estimate of drug-likeness (QED) is 0.694. The molecule has 2 atom stereocenters. The Bertz CT molecular complexity index is 130. The summed E-state index contributed by atoms with van der Waals surface area (Å²) in [6.07, 6.45) is 3.05. The Morgan fingerprint density at radius 2 is 2.38 bits per heavy atom. The van der Waals surface area contributed by atoms with Gasteiger partial charge >= 0.3 is 0 Å². The van der Waals surface area contributed by atoms with Crippen LogP contribution in [0.4, 0.5) is 0 Å². The lowest BCUT2D eigenvalue weighted by Crippen LogP contribution is -2.31. The molecule has 0 aromatic carbocycles. The smallest absolute Gasteiger partial charge is 0.0612 e. The van der Waals surface area contributed by atoms with E-state index in [1.54, 1.807) is 0 Å². The second-order valence-corrected chi connectivity index (χ2v) is 4.92. The molecule has 0 aromatic heterocycles. The topological polar surface area (TPSA) is 29.5 Å². The van der Waals surface area contributed by atoms with E-state index in [1.165, 1.54) is 17.9 Å². The first-order chi connectivity index (χ1) is 6.34. The van der Waals surface area contributed by atoms with Crippen LogP contribution in [-0.4, -0.2) is 35.9 Å². The van der Waals surface area contributed by atoms with Crippen LogP contribution in [0, 0.1) is 5.92 Å². The molecule has 0 aromatic rings. The zero-order valence-electron chi connectivity index (χ0n) is 8.37. The number of rotatable bonds is 5. The van der Waals surface area contributed by atoms with Gasteiger partial charge in [-0.3, -0.25) is 0 Å². The Morgan fingerprint density at radius 3 is 3.08 bits per heavy atom. The molecule has 2 nitrogen and oxygen atoms in total. The Balaban J connectivity index is 2.05. The largest absolute Gasteiger partial charge is 0.393 e. The Labute approximate surface area is 85.0 Å². The molecule has 1 fully saturated rings. The fourth-order valence-electron chi connectivity index (χ4n) is 1.65. The van der Waals surface area contributed by atoms with Crippen molar-refractivity contribution >= 4 is 11.8 Å². The van der Waals surface area contributed by atoms with E-state index in [0.717, 1.165) is 26.1 Å². The maximum Gasteiger partial charge on any atom is 0.0612 e. The highest BCUT2D eigenvalue weighted by Crippen LogP contribution is 2.20. The van der Waals surface area contributed by atoms with Crippen LogP contribution >= 0.6 is 11.8 Å². The summed E-state index contributed by atoms with van der Waals surface area (Å²) in [6.45, 7) is 3.68. The third-order valence-electron chi connectivity index (χ3n) is 2.50. The van der Waals surface area contributed by atoms with Crippen LogP contribution in [0.25, 0.3) is 0 Å². The SMILES string of the molecule is CCSCCCC1COCCC1O. The lowest BCUT2D eigenvalue weighted by molar-refractivity contribution is -0.0382. The predicted molar refractivity (Wildman–Crippen MR) is 57.2 cm³/mol. The first kappa shape index (κ1) is 11.3. The summed E-state index contributed by atoms with van der Waals surface area (Å²) in [7, 11) is 0. The van der Waals surface area contributed by atoms with Gasteiger partial charge < -0.3 is 9.84 Å². The Kier molecular flexibility index (Phi) is 5.83. The van der Waals surface area contributed by atoms with E-state index in [9.17, 15) is 5.11 Å². The second-order valence-electron chi connectivity index (χ2n) is 3.53. The molecule has 1 aliphatic heterocycles. The number of hydrogen-bond donors (Lipinski definition) is 1. The average Bonchev–Trinajstić information content (AvgIpc) is 2.15. The van der Waals surface area contributed by atoms with E-state index in [0.29, 0.717) is 5.92 Å². The molecule has 1 rings (SSSR count). The van der Waals surface area contributed by atoms with Crippen LogP contribution in [0.5, 0.6) is 0 Å². The normalized spacial score (nSPS) is 29.1. The molecule has 1 heterocycles. The minimum atomic E-state index is -0.111. The molecule has 0 spiro atoms. The van der Waals surface area contributed by atoms with Crippen molar-refractivity contribution in [3.8, 4) is 0 Å². The van der Waals surface area contributed by atoms with Crippen LogP contribution in [0.2, 0.25) is 0 Å². The van der Waals surface area contributed by atoms with E-state index >= 15 is 0 Å². The van der Waals surface area contributed by atoms with Gasteiger partial charge in [0.2, 0.25) is 0 Å². The number of thioether (sulfide) groups is 1. The maximum absolute atomic E-state index is 9.64. The first-order valence-electron chi connectivity index (χ1n) is 5.18. The van der Waals surface area contributed by atoms with Crippen molar-refractivity contribution in [1.29, 1.82) is 0 Å². The lowest BCUT2D eigenvalue weighted by Gasteiger charge is -2.27. The van der Waals surface area contributed by atoms with Gasteiger partial charge in [-0.1, -0.05) is 6.92 Å². The van der Waals surface area contributed by atoms with Crippen LogP contribution in [0.3, 0.4) is 0 Å². The van der Waals surface area contributed by atoms with Gasteiger partial charge in [0.1, 0.15) is 0 Å². The molecule has 0 amide bonds. The van der Waals surface area contributed by atoms with Gasteiger partial charge in [-0.25, -0.2) is 0 Å². The molecular formula is C10H20O2S. The van der Waals surface area contributed by atoms with Crippen molar-refractivity contribution in [3.63, 3.8) is 0 Å². The van der Waals surface area contributed by atoms with Crippen molar-refractivity contribution in [1.82, 2.24) is 0 Å². The summed E-state index contributed by atoms with van der Waals surface area (Å²) >= 11 is 1.98. The zero-order chi connectivity index (χ0) is 9.52. The highest BCUT2D eigenvalue weighted by molar-refractivity contribution is 7.99. The molecule has 1 N–H and O–H groups in total. The van der Waals surface area contributed by atoms with Gasteiger partial charge in [0.15, 0.2) is 0 Å². The zero-order valence-corrected chi connectivity index (χ0v) is 9.18. The molecule has 78 valence electrons. The van der Waals surface area contributed by atoms with E-state index in [1.807, 2.05) is 11.8 Å². The molecule has 13 heavy (non-hydrogen) atoms. The van der Waals surface area contributed by atoms with Crippen LogP contribution in [-0.2, 0) is 4.74 Å². The number of hydrogen-bond acceptors (Lipinski definition) is 3. The predicted octanol–water partition coefficient (Wildman–Crippen LogP) is 1.92. The van der Waals surface area contributed by atoms with Crippen molar-refractivity contribution in [3.05, 3.63) is 0 Å². The van der Waals surface area contributed by atoms with Gasteiger partial charge in [-0.05, 0) is 30.8 Å². The number of aliphatic hydroxyl groups is 1. The number of ether oxygens (including phenoxy) is 1. The highest BCUT2D eigenvalue weighted by atomic mass is 32.2. The molecule has 1 saturated heterocycles. The van der Waals surface area contributed by atoms with E-state index < -0.39 is 0 Å². The molecule has 3 heteroatoms. The van der Waals surface area contributed by atoms with Crippen LogP contribution < -0.4 is 0 Å². The minimum absolute atomic E-state index is 0.111. The standard InChI is InChI=1S/C10H20O2S/c1-2-13-7-3-4-9-8-12-6-5-10(9)11/h9-11H,2-8H2,1H3. The van der Waals surface area contributed by atoms with Gasteiger partial charge in [0.05, 0.1) is 12.7 Å². The number of aliphatic hydroxyl groups excluding tert-OH is 1. The van der Waals surface area contributed by atoms with E-state index in [4.69, 9.17) is 4.74 Å². The van der Waals surface area contributed by atoms with Gasteiger partial charge in [-0.15, -0.1) is 0 Å². The molecular weight excluding hydrogens is 184 g/mol. The van der Waals surface area contributed by atoms with Gasteiger partial charge in [0, 0.05) is 12.5 Å². The van der Waals surface area contributed by atoms with Crippen LogP contribution in [0.1, 0.15) is 26.2 Å². The first-order valence-corrected chi connectivity index (χ1v) is 6.33. The summed E-state index contributed by atoms with van der Waals surface area (Å²) < 4.78 is 5.34. The van der Waals surface area contributed by atoms with Crippen LogP contribution in [0.15, 0.2) is 0 Å². The van der Waals surface area contributed by atoms with Crippen molar-refractivity contribution in [2.45, 2.75) is 32.3 Å². The summed E-state index contributed by atoms with van der Waals surface area (Å²) in [5.74, 6) is 2.81. The third-order valence-corrected chi connectivity index (χ3v) is 3.49. The van der Waals surface area contributed by atoms with Gasteiger partial charge in [-0.2, -0.15) is 11.8 Å². The van der Waals surface area contributed by atoms with Crippen molar-refractivity contribution in [2.24, 2.45) is 5.92 Å². The average molecular weight is 204 g/mol. The molecule has 1 aliphatic rings. The Morgan fingerprint density at radius 1 is 1.54 bits per heavy atom. The summed E-state index contributed by atoms with van der Waals surface area (Å²) in [4.78, 5) is 0. The van der Waals surface area contributed by atoms with E-state index in [-0.39, 0.29) is 6.10 Å². The minimum Gasteiger partial charge on any atom is -0.393 e. The van der Waals surface area contributed by atoms with E-state index in [2.05, 4.69) is 6.92 Å². The van der Waals surface area contributed by atoms with Crippen molar-refractivity contribution < 1.29 is 9.84 Å². The fourth-order valence-corrected chi connectivity index (χ4v) is 2.31. The van der Waals surface area contributed by atoms with Gasteiger partial charge in [0.25, 0.3) is 0 Å². The summed E-state index contributed by atoms with van der Waals surface area (Å²) in [6, 6.07) is 0. The second kappa shape index (κ2) is 6.68. The lowest BCUT2D eigenvalue weighted by atomic mass is 9.94.